The molecule has 9 nitrogen and oxygen atoms in total. The fraction of sp³-hybridized carbons (Fsp3) is 0.158. The minimum Gasteiger partial charge on any atom is -0.494 e. The van der Waals surface area contributed by atoms with Crippen LogP contribution in [0.4, 0.5) is 11.4 Å². The number of hydrogen-bond acceptors (Lipinski definition) is 6. The number of benzene rings is 2. The molecule has 0 aliphatic heterocycles. The van der Waals surface area contributed by atoms with Crippen LogP contribution in [-0.2, 0) is 6.73 Å². The highest BCUT2D eigenvalue weighted by molar-refractivity contribution is 9.10. The zero-order valence-electron chi connectivity index (χ0n) is 15.7. The Balaban J connectivity index is 1.68. The fourth-order valence-corrected chi connectivity index (χ4v) is 3.29. The smallest absolute Gasteiger partial charge is 0.296 e. The molecule has 0 saturated carbocycles. The molecule has 0 aliphatic rings. The predicted octanol–water partition coefficient (Wildman–Crippen LogP) is 4.89. The van der Waals surface area contributed by atoms with Crippen molar-refractivity contribution in [1.82, 2.24) is 9.78 Å². The second kappa shape index (κ2) is 9.59. The Bertz CT molecular complexity index is 1090. The lowest BCUT2D eigenvalue weighted by molar-refractivity contribution is -0.384. The number of ether oxygens (including phenoxy) is 2. The van der Waals surface area contributed by atoms with Crippen molar-refractivity contribution in [1.29, 1.82) is 0 Å². The van der Waals surface area contributed by atoms with Crippen molar-refractivity contribution in [3.8, 4) is 11.5 Å². The normalized spacial score (nSPS) is 10.5. The summed E-state index contributed by atoms with van der Waals surface area (Å²) in [4.78, 5) is 23.2. The number of nitrogens with zero attached hydrogens (tertiary/aromatic N) is 3. The lowest BCUT2D eigenvalue weighted by atomic mass is 10.2. The molecule has 3 aromatic rings. The molecule has 3 rings (SSSR count). The molecule has 0 saturated heterocycles. The molecule has 0 fully saturated rings. The Morgan fingerprint density at radius 2 is 2.07 bits per heavy atom. The maximum atomic E-state index is 12.5. The topological polar surface area (TPSA) is 109 Å². The third-order valence-electron chi connectivity index (χ3n) is 3.84. The molecule has 0 spiro atoms. The van der Waals surface area contributed by atoms with Gasteiger partial charge in [-0.2, -0.15) is 5.10 Å². The van der Waals surface area contributed by atoms with E-state index in [4.69, 9.17) is 21.1 Å². The van der Waals surface area contributed by atoms with Gasteiger partial charge in [0.05, 0.1) is 22.1 Å². The minimum atomic E-state index is -0.589. The van der Waals surface area contributed by atoms with Crippen LogP contribution in [0.15, 0.2) is 53.1 Å². The number of nitro groups is 1. The standard InChI is InChI=1S/C19H16BrClN4O5/c1-2-29-13-4-5-15(17(10-13)25(27)28)22-19(26)16-7-8-24(23-16)11-30-18-6-3-12(21)9-14(18)20/h3-10H,2,11H2,1H3,(H,22,26). The number of amides is 1. The molecule has 0 aliphatic carbocycles. The Morgan fingerprint density at radius 1 is 1.27 bits per heavy atom. The molecule has 1 aromatic heterocycles. The molecule has 0 bridgehead atoms. The van der Waals surface area contributed by atoms with Crippen LogP contribution in [0, 0.1) is 10.1 Å². The van der Waals surface area contributed by atoms with Gasteiger partial charge in [-0.05, 0) is 59.3 Å². The quantitative estimate of drug-likeness (QED) is 0.352. The molecule has 0 radical (unpaired) electrons. The molecular weight excluding hydrogens is 480 g/mol. The minimum absolute atomic E-state index is 0.0457. The van der Waals surface area contributed by atoms with Crippen LogP contribution in [0.25, 0.3) is 0 Å². The molecule has 0 unspecified atom stereocenters. The summed E-state index contributed by atoms with van der Waals surface area (Å²) < 4.78 is 13.0. The van der Waals surface area contributed by atoms with E-state index in [-0.39, 0.29) is 23.8 Å². The number of rotatable bonds is 8. The van der Waals surface area contributed by atoms with Gasteiger partial charge in [-0.25, -0.2) is 4.68 Å². The highest BCUT2D eigenvalue weighted by atomic mass is 79.9. The van der Waals surface area contributed by atoms with E-state index < -0.39 is 10.8 Å². The third kappa shape index (κ3) is 5.28. The molecule has 2 aromatic carbocycles. The largest absolute Gasteiger partial charge is 0.494 e. The SMILES string of the molecule is CCOc1ccc(NC(=O)c2ccn(COc3ccc(Cl)cc3Br)n2)c([N+](=O)[O-])c1. The Morgan fingerprint density at radius 3 is 2.77 bits per heavy atom. The van der Waals surface area contributed by atoms with E-state index in [1.54, 1.807) is 37.4 Å². The average molecular weight is 496 g/mol. The lowest BCUT2D eigenvalue weighted by Gasteiger charge is -2.08. The van der Waals surface area contributed by atoms with Gasteiger partial charge in [0.25, 0.3) is 11.6 Å². The highest BCUT2D eigenvalue weighted by Gasteiger charge is 2.19. The maximum Gasteiger partial charge on any atom is 0.296 e. The predicted molar refractivity (Wildman–Crippen MR) is 114 cm³/mol. The van der Waals surface area contributed by atoms with Gasteiger partial charge in [0.2, 0.25) is 0 Å². The zero-order valence-corrected chi connectivity index (χ0v) is 18.0. The second-order valence-electron chi connectivity index (χ2n) is 5.91. The van der Waals surface area contributed by atoms with Gasteiger partial charge >= 0.3 is 0 Å². The molecule has 156 valence electrons. The van der Waals surface area contributed by atoms with Crippen LogP contribution in [-0.4, -0.2) is 27.2 Å². The average Bonchev–Trinajstić information content (AvgIpc) is 3.18. The second-order valence-corrected chi connectivity index (χ2v) is 7.20. The van der Waals surface area contributed by atoms with Crippen molar-refractivity contribution in [3.05, 3.63) is 74.0 Å². The molecule has 1 N–H and O–H groups in total. The Labute approximate surface area is 184 Å². The van der Waals surface area contributed by atoms with Crippen molar-refractivity contribution in [2.45, 2.75) is 13.7 Å². The summed E-state index contributed by atoms with van der Waals surface area (Å²) in [7, 11) is 0. The number of aromatic nitrogens is 2. The zero-order chi connectivity index (χ0) is 21.7. The van der Waals surface area contributed by atoms with Crippen LogP contribution in [0.3, 0.4) is 0 Å². The molecule has 11 heteroatoms. The first-order chi connectivity index (χ1) is 14.4. The van der Waals surface area contributed by atoms with Gasteiger partial charge in [0.1, 0.15) is 17.2 Å². The van der Waals surface area contributed by atoms with E-state index in [0.29, 0.717) is 27.6 Å². The summed E-state index contributed by atoms with van der Waals surface area (Å²) in [6.45, 7) is 2.19. The van der Waals surface area contributed by atoms with Crippen molar-refractivity contribution in [3.63, 3.8) is 0 Å². The molecular formula is C19H16BrClN4O5. The first-order valence-electron chi connectivity index (χ1n) is 8.71. The van der Waals surface area contributed by atoms with E-state index in [0.717, 1.165) is 0 Å². The molecule has 1 heterocycles. The van der Waals surface area contributed by atoms with E-state index >= 15 is 0 Å². The Kier molecular flexibility index (Phi) is 6.91. The van der Waals surface area contributed by atoms with Crippen LogP contribution in [0.2, 0.25) is 5.02 Å². The first kappa shape index (κ1) is 21.6. The van der Waals surface area contributed by atoms with Crippen molar-refractivity contribution >= 4 is 44.8 Å². The van der Waals surface area contributed by atoms with Crippen molar-refractivity contribution < 1.29 is 19.2 Å². The van der Waals surface area contributed by atoms with E-state index in [1.165, 1.54) is 22.9 Å². The summed E-state index contributed by atoms with van der Waals surface area (Å²) >= 11 is 9.25. The van der Waals surface area contributed by atoms with Gasteiger partial charge in [-0.15, -0.1) is 0 Å². The number of anilines is 1. The number of halogens is 2. The summed E-state index contributed by atoms with van der Waals surface area (Å²) in [6, 6.07) is 10.8. The van der Waals surface area contributed by atoms with E-state index in [2.05, 4.69) is 26.3 Å². The number of nitrogens with one attached hydrogen (secondary N) is 1. The number of nitro benzene ring substituents is 1. The number of carbonyl (C=O) groups is 1. The van der Waals surface area contributed by atoms with Crippen molar-refractivity contribution in [2.24, 2.45) is 0 Å². The third-order valence-corrected chi connectivity index (χ3v) is 4.70. The maximum absolute atomic E-state index is 12.5. The Hall–Kier alpha value is -3.11. The first-order valence-corrected chi connectivity index (χ1v) is 9.88. The molecule has 1 amide bonds. The van der Waals surface area contributed by atoms with Gasteiger partial charge < -0.3 is 14.8 Å². The van der Waals surface area contributed by atoms with Gasteiger partial charge in [0, 0.05) is 11.2 Å². The monoisotopic (exact) mass is 494 g/mol. The molecule has 0 atom stereocenters. The van der Waals surface area contributed by atoms with Crippen LogP contribution < -0.4 is 14.8 Å². The van der Waals surface area contributed by atoms with Gasteiger partial charge in [-0.3, -0.25) is 14.9 Å². The lowest BCUT2D eigenvalue weighted by Crippen LogP contribution is -2.15. The van der Waals surface area contributed by atoms with Crippen LogP contribution in [0.1, 0.15) is 17.4 Å². The summed E-state index contributed by atoms with van der Waals surface area (Å²) in [5.41, 5.74) is -0.147. The van der Waals surface area contributed by atoms with Gasteiger partial charge in [0.15, 0.2) is 12.4 Å². The summed E-state index contributed by atoms with van der Waals surface area (Å²) in [5, 5.41) is 18.5. The van der Waals surface area contributed by atoms with Crippen LogP contribution in [0.5, 0.6) is 11.5 Å². The highest BCUT2D eigenvalue weighted by Crippen LogP contribution is 2.30. The summed E-state index contributed by atoms with van der Waals surface area (Å²) in [5.74, 6) is 0.316. The van der Waals surface area contributed by atoms with E-state index in [1.807, 2.05) is 0 Å². The van der Waals surface area contributed by atoms with Crippen LogP contribution >= 0.6 is 27.5 Å². The number of carbonyl (C=O) groups excluding carboxylic acids is 1. The summed E-state index contributed by atoms with van der Waals surface area (Å²) in [6.07, 6.45) is 1.56. The fourth-order valence-electron chi connectivity index (χ4n) is 2.49. The molecule has 30 heavy (non-hydrogen) atoms. The van der Waals surface area contributed by atoms with E-state index in [9.17, 15) is 14.9 Å². The van der Waals surface area contributed by atoms with Gasteiger partial charge in [-0.1, -0.05) is 11.6 Å². The number of hydrogen-bond donors (Lipinski definition) is 1. The van der Waals surface area contributed by atoms with Crippen molar-refractivity contribution in [2.75, 3.05) is 11.9 Å².